The van der Waals surface area contributed by atoms with Crippen molar-refractivity contribution in [2.45, 2.75) is 25.7 Å². The number of carbonyl (C=O) groups is 4. The molecule has 0 saturated carbocycles. The number of hydrogen-bond donors (Lipinski definition) is 2. The smallest absolute Gasteiger partial charge is 0.870 e. The van der Waals surface area contributed by atoms with Crippen molar-refractivity contribution >= 4 is 213 Å². The molecule has 0 unspecified atom stereocenters. The number of ether oxygens (including phenoxy) is 4. The molecule has 8 aromatic carbocycles. The first-order valence-corrected chi connectivity index (χ1v) is 35.8. The van der Waals surface area contributed by atoms with Crippen LogP contribution in [0.15, 0.2) is 110 Å². The van der Waals surface area contributed by atoms with Gasteiger partial charge in [0.25, 0.3) is 0 Å². The van der Waals surface area contributed by atoms with Gasteiger partial charge in [-0.2, -0.15) is 0 Å². The summed E-state index contributed by atoms with van der Waals surface area (Å²) in [6.45, 7) is 3.07. The number of halogens is 13. The van der Waals surface area contributed by atoms with Crippen molar-refractivity contribution in [2.75, 3.05) is 46.8 Å². The summed E-state index contributed by atoms with van der Waals surface area (Å²) in [5, 5.41) is 33.0. The number of aromatic nitrogens is 8. The van der Waals surface area contributed by atoms with E-state index in [0.29, 0.717) is 22.4 Å². The molecule has 12 rings (SSSR count). The first-order chi connectivity index (χ1) is 47.5. The van der Waals surface area contributed by atoms with Crippen LogP contribution in [0.2, 0.25) is 0 Å². The number of ketones is 2. The molecule has 4 aromatic heterocycles. The van der Waals surface area contributed by atoms with Crippen LogP contribution >= 0.6 is 149 Å². The van der Waals surface area contributed by atoms with Crippen LogP contribution in [0, 0.1) is 60.8 Å². The maximum atomic E-state index is 15.1. The fourth-order valence-corrected chi connectivity index (χ4v) is 13.7. The van der Waals surface area contributed by atoms with Gasteiger partial charge in [0.05, 0.1) is 63.1 Å². The van der Waals surface area contributed by atoms with Crippen LogP contribution in [0.25, 0.3) is 40.9 Å². The van der Waals surface area contributed by atoms with E-state index in [1.807, 2.05) is 90.4 Å². The minimum atomic E-state index is -1.27. The average Bonchev–Trinajstić information content (AvgIpc) is 1.49. The number of fused-ring (bicyclic) bond motifs is 4. The van der Waals surface area contributed by atoms with E-state index in [4.69, 9.17) is 24.1 Å². The van der Waals surface area contributed by atoms with Crippen LogP contribution in [-0.4, -0.2) is 124 Å². The van der Waals surface area contributed by atoms with Crippen LogP contribution in [0.3, 0.4) is 0 Å². The van der Waals surface area contributed by atoms with Crippen molar-refractivity contribution in [1.29, 1.82) is 0 Å². The van der Waals surface area contributed by atoms with Crippen molar-refractivity contribution in [3.05, 3.63) is 237 Å². The summed E-state index contributed by atoms with van der Waals surface area (Å²) in [5.41, 5.74) is 1.50. The maximum absolute atomic E-state index is 15.1. The van der Waals surface area contributed by atoms with E-state index < -0.39 is 70.0 Å². The van der Waals surface area contributed by atoms with E-state index in [1.54, 1.807) is 42.5 Å². The van der Waals surface area contributed by atoms with Gasteiger partial charge in [0.1, 0.15) is 65.2 Å². The van der Waals surface area contributed by atoms with Crippen LogP contribution in [0.1, 0.15) is 85.9 Å². The zero-order valence-corrected chi connectivity index (χ0v) is 65.1. The van der Waals surface area contributed by atoms with Gasteiger partial charge in [-0.25, -0.2) is 44.7 Å². The number of rotatable bonds is 22. The molecule has 102 heavy (non-hydrogen) atoms. The molecule has 0 spiro atoms. The number of esters is 1. The van der Waals surface area contributed by atoms with Crippen molar-refractivity contribution < 1.29 is 108 Å². The van der Waals surface area contributed by atoms with Gasteiger partial charge in [-0.05, 0) is 232 Å². The van der Waals surface area contributed by atoms with E-state index in [0.717, 1.165) is 56.8 Å². The topological polar surface area (TPSA) is 279 Å². The molecule has 0 aliphatic rings. The fraction of sp³-hybridized carbons (Fsp3) is 0.169. The third-order valence-electron chi connectivity index (χ3n) is 14.3. The van der Waals surface area contributed by atoms with Crippen molar-refractivity contribution in [3.63, 3.8) is 0 Å². The molecule has 0 atom stereocenters. The molecule has 3 N–H and O–H groups in total. The van der Waals surface area contributed by atoms with Gasteiger partial charge in [0, 0.05) is 73.3 Å². The molecule has 0 fully saturated rings. The Balaban J connectivity index is 0.000000213. The Hall–Kier alpha value is -6.05. The molecular formula is C65H46ClF8I4LiN8O11S4. The van der Waals surface area contributed by atoms with Gasteiger partial charge >= 0.3 is 30.8 Å². The molecule has 0 aliphatic carbocycles. The van der Waals surface area contributed by atoms with Crippen molar-refractivity contribution in [3.8, 4) is 0 Å². The maximum Gasteiger partial charge on any atom is 1.00 e. The number of aliphatic hydroxyl groups is 1. The standard InChI is InChI=1S/C19H15F2IN2O3S.C17H13F2IN2O3S.C15H9F2IN2O2S.C14H7F2IN2O2S.ClH.Li.H2O/c1-2-26-5-6-27-10-16(25)13-9-17-19(23-24-28-17)18(21)14(13)7-11-3-4-12(22)8-15(11)20;18-13-6-10(20)2-1-9(13)5-12-11(14(24)8-25-4-3-23)7-15-17(16(12)19)21-22-26-15;1-22-15(21)10-6-12-14(19-20-23-12)13(17)9(10)4-7-2-3-8(18)5-11(7)16;15-10-4-7(17)2-1-6(10)3-8-9(14(20)21)5-11-13(12(8)16)18-19-22-11;;;/h2-4,8-9H,1,5-7,10H2;1-2,6-7,23H,3-5,8H2;2-3,5-6H,4H2,1H3;1-2,4-5H,3H2,(H,20,21);1H;;1H2/q;;;;;+1;/p-1. The Kier molecular flexibility index (Phi) is 33.2. The summed E-state index contributed by atoms with van der Waals surface area (Å²) in [6.07, 6.45) is 0.862. The minimum Gasteiger partial charge on any atom is -0.870 e. The number of carboxylic acids is 1. The predicted molar refractivity (Wildman–Crippen MR) is 398 cm³/mol. The normalized spacial score (nSPS) is 10.7. The monoisotopic (exact) mass is 1940 g/mol. The van der Waals surface area contributed by atoms with Gasteiger partial charge in [0.2, 0.25) is 0 Å². The SMILES string of the molecule is C=COCCOCC(=O)c1cc2snnc2c(F)c1Cc1ccc(I)cc1F.COC(=O)c1cc2snnc2c(F)c1Cc1ccc(I)cc1F.Cl.O=C(COCCO)c1cc2snnc2c(F)c1Cc1ccc(I)cc1F.O=C(O)c1cc2snnc2c(F)c1Cc1ccc(I)cc1F.[Li+].[OH-]. The second-order valence-corrected chi connectivity index (χ2v) is 28.6. The zero-order valence-electron chi connectivity index (χ0n) is 52.4. The number of hydrogen-bond acceptors (Lipinski definition) is 22. The summed E-state index contributed by atoms with van der Waals surface area (Å²) in [4.78, 5) is 48.5. The number of aliphatic hydroxyl groups excluding tert-OH is 1. The van der Waals surface area contributed by atoms with E-state index in [-0.39, 0.29) is 191 Å². The summed E-state index contributed by atoms with van der Waals surface area (Å²) >= 11 is 11.8. The van der Waals surface area contributed by atoms with Gasteiger partial charge in [-0.15, -0.1) is 32.8 Å². The third-order valence-corrected chi connectivity index (χ3v) is 19.6. The molecule has 4 heterocycles. The van der Waals surface area contributed by atoms with E-state index in [9.17, 15) is 55.0 Å². The third kappa shape index (κ3) is 21.1. The number of benzene rings is 8. The van der Waals surface area contributed by atoms with Crippen molar-refractivity contribution in [2.24, 2.45) is 0 Å². The largest absolute Gasteiger partial charge is 1.00 e. The van der Waals surface area contributed by atoms with E-state index >= 15 is 4.39 Å². The zero-order chi connectivity index (χ0) is 71.2. The second kappa shape index (κ2) is 39.9. The van der Waals surface area contributed by atoms with Gasteiger partial charge < -0.3 is 34.6 Å². The quantitative estimate of drug-likeness (QED) is 0.0121. The molecule has 0 aliphatic heterocycles. The molecule has 37 heteroatoms. The number of aromatic carboxylic acids is 1. The van der Waals surface area contributed by atoms with E-state index in [2.05, 4.69) is 44.9 Å². The van der Waals surface area contributed by atoms with Crippen LogP contribution in [0.5, 0.6) is 0 Å². The molecule has 12 aromatic rings. The molecule has 19 nitrogen and oxygen atoms in total. The molecule has 0 saturated heterocycles. The number of carbonyl (C=O) groups excluding carboxylic acids is 3. The Labute approximate surface area is 662 Å². The molecule has 528 valence electrons. The Morgan fingerprint density at radius 3 is 1.06 bits per heavy atom. The van der Waals surface area contributed by atoms with Crippen LogP contribution in [-0.2, 0) is 44.6 Å². The van der Waals surface area contributed by atoms with Gasteiger partial charge in [-0.3, -0.25) is 9.59 Å². The number of nitrogens with zero attached hydrogens (tertiary/aromatic N) is 8. The van der Waals surface area contributed by atoms with Gasteiger partial charge in [0.15, 0.2) is 34.8 Å². The van der Waals surface area contributed by atoms with Crippen LogP contribution in [0.4, 0.5) is 35.1 Å². The first kappa shape index (κ1) is 84.9. The predicted octanol–water partition coefficient (Wildman–Crippen LogP) is 12.9. The average molecular weight is 1950 g/mol. The van der Waals surface area contributed by atoms with Crippen LogP contribution < -0.4 is 18.9 Å². The van der Waals surface area contributed by atoms with Crippen molar-refractivity contribution in [1.82, 2.24) is 38.3 Å². The summed E-state index contributed by atoms with van der Waals surface area (Å²) < 4.78 is 155. The molecule has 0 radical (unpaired) electrons. The number of methoxy groups -OCH3 is 1. The Bertz CT molecular complexity index is 5050. The molecular weight excluding hydrogens is 1900 g/mol. The fourth-order valence-electron chi connectivity index (χ4n) is 9.53. The second-order valence-electron chi connectivity index (χ2n) is 20.5. The van der Waals surface area contributed by atoms with E-state index in [1.165, 1.54) is 68.0 Å². The first-order valence-electron chi connectivity index (χ1n) is 28.4. The minimum absolute atomic E-state index is 0. The number of carboxylic acid groups (broad SMARTS) is 1. The Morgan fingerprint density at radius 1 is 0.471 bits per heavy atom. The summed E-state index contributed by atoms with van der Waals surface area (Å²) in [5.74, 6) is -7.47. The van der Waals surface area contributed by atoms with Gasteiger partial charge in [-0.1, -0.05) is 48.8 Å². The molecule has 0 amide bonds. The summed E-state index contributed by atoms with van der Waals surface area (Å²) in [7, 11) is 1.21. The Morgan fingerprint density at radius 2 is 0.765 bits per heavy atom. The molecule has 0 bridgehead atoms. The summed E-state index contributed by atoms with van der Waals surface area (Å²) in [6, 6.07) is 24.3. The number of Topliss-reactive ketones (excluding diaryl/α,β-unsaturated/α-hetero) is 2.